The van der Waals surface area contributed by atoms with Crippen LogP contribution in [0.25, 0.3) is 11.0 Å². The van der Waals surface area contributed by atoms with Gasteiger partial charge in [0.05, 0.1) is 29.0 Å². The van der Waals surface area contributed by atoms with Crippen molar-refractivity contribution in [1.29, 1.82) is 0 Å². The number of piperidine rings is 1. The number of anilines is 2. The molecule has 4 heterocycles. The predicted molar refractivity (Wildman–Crippen MR) is 109 cm³/mol. The molecular formula is C18H21N7O4S. The zero-order chi connectivity index (χ0) is 21.5. The Kier molecular flexibility index (Phi) is 5.02. The number of nitrogens with zero attached hydrogens (tertiary/aromatic N) is 6. The van der Waals surface area contributed by atoms with Crippen LogP contribution in [0.4, 0.5) is 16.3 Å². The van der Waals surface area contributed by atoms with Gasteiger partial charge in [-0.15, -0.1) is 0 Å². The first kappa shape index (κ1) is 20.0. The molecule has 0 radical (unpaired) electrons. The van der Waals surface area contributed by atoms with E-state index < -0.39 is 15.9 Å². The van der Waals surface area contributed by atoms with Gasteiger partial charge in [-0.05, 0) is 31.9 Å². The highest BCUT2D eigenvalue weighted by Crippen LogP contribution is 2.29. The van der Waals surface area contributed by atoms with Crippen LogP contribution in [0.15, 0.2) is 29.7 Å². The van der Waals surface area contributed by atoms with Crippen molar-refractivity contribution in [2.75, 3.05) is 24.7 Å². The zero-order valence-electron chi connectivity index (χ0n) is 16.5. The molecule has 0 bridgehead atoms. The van der Waals surface area contributed by atoms with Crippen LogP contribution in [0, 0.1) is 6.92 Å². The molecule has 0 aromatic carbocycles. The average Bonchev–Trinajstić information content (AvgIpc) is 3.14. The van der Waals surface area contributed by atoms with E-state index in [1.165, 1.54) is 17.3 Å². The number of nitrogens with one attached hydrogen (secondary N) is 1. The molecule has 30 heavy (non-hydrogen) atoms. The maximum Gasteiger partial charge on any atom is 0.407 e. The van der Waals surface area contributed by atoms with E-state index >= 15 is 0 Å². The van der Waals surface area contributed by atoms with Crippen molar-refractivity contribution < 1.29 is 18.3 Å². The third kappa shape index (κ3) is 3.77. The van der Waals surface area contributed by atoms with Crippen molar-refractivity contribution in [3.63, 3.8) is 0 Å². The topological polar surface area (TPSA) is 143 Å². The SMILES string of the molecule is Cc1nc(S(C)(=O)=O)ccc1Nc1ncnc2c1cnn2C1CCN(C(=O)O)CC1. The average molecular weight is 431 g/mol. The monoisotopic (exact) mass is 431 g/mol. The fourth-order valence-electron chi connectivity index (χ4n) is 3.54. The maximum absolute atomic E-state index is 11.7. The highest BCUT2D eigenvalue weighted by molar-refractivity contribution is 7.90. The summed E-state index contributed by atoms with van der Waals surface area (Å²) in [5, 5.41) is 17.5. The van der Waals surface area contributed by atoms with E-state index in [2.05, 4.69) is 25.4 Å². The van der Waals surface area contributed by atoms with Crippen LogP contribution in [0.2, 0.25) is 0 Å². The number of hydrogen-bond donors (Lipinski definition) is 2. The van der Waals surface area contributed by atoms with E-state index in [1.807, 2.05) is 4.68 Å². The molecule has 11 nitrogen and oxygen atoms in total. The Hall–Kier alpha value is -3.28. The minimum absolute atomic E-state index is 0.0129. The van der Waals surface area contributed by atoms with Crippen molar-refractivity contribution in [1.82, 2.24) is 29.6 Å². The molecule has 0 aliphatic carbocycles. The summed E-state index contributed by atoms with van der Waals surface area (Å²) in [5.74, 6) is 0.534. The number of carboxylic acid groups (broad SMARTS) is 1. The number of pyridine rings is 1. The first-order chi connectivity index (χ1) is 14.2. The van der Waals surface area contributed by atoms with Crippen LogP contribution in [-0.4, -0.2) is 68.6 Å². The molecule has 0 unspecified atom stereocenters. The Morgan fingerprint density at radius 2 is 1.97 bits per heavy atom. The van der Waals surface area contributed by atoms with E-state index in [4.69, 9.17) is 5.11 Å². The molecule has 0 saturated carbocycles. The van der Waals surface area contributed by atoms with Gasteiger partial charge < -0.3 is 15.3 Å². The molecule has 3 aromatic heterocycles. The van der Waals surface area contributed by atoms with Gasteiger partial charge in [-0.3, -0.25) is 0 Å². The Morgan fingerprint density at radius 3 is 2.60 bits per heavy atom. The quantitative estimate of drug-likeness (QED) is 0.634. The van der Waals surface area contributed by atoms with E-state index in [-0.39, 0.29) is 11.1 Å². The van der Waals surface area contributed by atoms with Gasteiger partial charge in [-0.2, -0.15) is 5.10 Å². The summed E-state index contributed by atoms with van der Waals surface area (Å²) in [7, 11) is -3.39. The highest BCUT2D eigenvalue weighted by atomic mass is 32.2. The fraction of sp³-hybridized carbons (Fsp3) is 0.389. The number of likely N-dealkylation sites (tertiary alicyclic amines) is 1. The number of fused-ring (bicyclic) bond motifs is 1. The maximum atomic E-state index is 11.7. The molecule has 12 heteroatoms. The zero-order valence-corrected chi connectivity index (χ0v) is 17.3. The normalized spacial score (nSPS) is 15.5. The Balaban J connectivity index is 1.61. The second-order valence-corrected chi connectivity index (χ2v) is 9.19. The number of aromatic nitrogens is 5. The minimum atomic E-state index is -3.39. The van der Waals surface area contributed by atoms with E-state index in [0.717, 1.165) is 6.26 Å². The summed E-state index contributed by atoms with van der Waals surface area (Å²) in [6.07, 6.45) is 4.64. The molecule has 0 atom stereocenters. The Labute approximate surface area is 172 Å². The number of rotatable bonds is 4. The smallest absolute Gasteiger partial charge is 0.407 e. The summed E-state index contributed by atoms with van der Waals surface area (Å²) in [6, 6.07) is 3.15. The van der Waals surface area contributed by atoms with Crippen LogP contribution in [0.5, 0.6) is 0 Å². The van der Waals surface area contributed by atoms with Crippen LogP contribution in [-0.2, 0) is 9.84 Å². The molecule has 1 aliphatic rings. The van der Waals surface area contributed by atoms with E-state index in [1.54, 1.807) is 19.2 Å². The van der Waals surface area contributed by atoms with Crippen LogP contribution in [0.1, 0.15) is 24.6 Å². The molecule has 0 spiro atoms. The fourth-order valence-corrected chi connectivity index (χ4v) is 4.15. The van der Waals surface area contributed by atoms with Gasteiger partial charge >= 0.3 is 6.09 Å². The second kappa shape index (κ2) is 7.52. The Bertz CT molecular complexity index is 1220. The van der Waals surface area contributed by atoms with Crippen molar-refractivity contribution in [3.05, 3.63) is 30.4 Å². The van der Waals surface area contributed by atoms with E-state index in [0.29, 0.717) is 54.2 Å². The number of carbonyl (C=O) groups is 1. The molecule has 1 amide bonds. The van der Waals surface area contributed by atoms with Gasteiger partial charge in [0.25, 0.3) is 0 Å². The number of aryl methyl sites for hydroxylation is 1. The summed E-state index contributed by atoms with van der Waals surface area (Å²) >= 11 is 0. The molecule has 3 aromatic rings. The van der Waals surface area contributed by atoms with Gasteiger partial charge in [0.1, 0.15) is 12.1 Å². The van der Waals surface area contributed by atoms with Crippen molar-refractivity contribution in [3.8, 4) is 0 Å². The highest BCUT2D eigenvalue weighted by Gasteiger charge is 2.25. The third-order valence-corrected chi connectivity index (χ3v) is 6.15. The predicted octanol–water partition coefficient (Wildman–Crippen LogP) is 1.99. The lowest BCUT2D eigenvalue weighted by Gasteiger charge is -2.30. The number of amides is 1. The lowest BCUT2D eigenvalue weighted by Crippen LogP contribution is -2.38. The molecule has 1 fully saturated rings. The van der Waals surface area contributed by atoms with Crippen LogP contribution < -0.4 is 5.32 Å². The molecule has 1 saturated heterocycles. The third-order valence-electron chi connectivity index (χ3n) is 5.17. The summed E-state index contributed by atoms with van der Waals surface area (Å²) < 4.78 is 25.2. The molecule has 2 N–H and O–H groups in total. The Morgan fingerprint density at radius 1 is 1.23 bits per heavy atom. The molecule has 158 valence electrons. The summed E-state index contributed by atoms with van der Waals surface area (Å²) in [6.45, 7) is 2.62. The van der Waals surface area contributed by atoms with Crippen LogP contribution >= 0.6 is 0 Å². The largest absolute Gasteiger partial charge is 0.465 e. The van der Waals surface area contributed by atoms with Crippen molar-refractivity contribution in [2.45, 2.75) is 30.8 Å². The summed E-state index contributed by atoms with van der Waals surface area (Å²) in [4.78, 5) is 25.3. The number of hydrogen-bond acceptors (Lipinski definition) is 8. The summed E-state index contributed by atoms with van der Waals surface area (Å²) in [5.41, 5.74) is 1.81. The molecule has 4 rings (SSSR count). The lowest BCUT2D eigenvalue weighted by atomic mass is 10.1. The minimum Gasteiger partial charge on any atom is -0.465 e. The first-order valence-corrected chi connectivity index (χ1v) is 11.2. The van der Waals surface area contributed by atoms with Gasteiger partial charge in [0, 0.05) is 19.3 Å². The van der Waals surface area contributed by atoms with Gasteiger partial charge in [0.15, 0.2) is 20.5 Å². The standard InChI is InChI=1S/C18H21N7O4S/c1-11-14(3-4-15(22-11)30(2,28)29)23-16-13-9-21-25(17(13)20-10-19-16)12-5-7-24(8-6-12)18(26)27/h3-4,9-10,12H,5-8H2,1-2H3,(H,26,27)(H,19,20,23). The van der Waals surface area contributed by atoms with Gasteiger partial charge in [-0.25, -0.2) is 32.8 Å². The molecule has 1 aliphatic heterocycles. The van der Waals surface area contributed by atoms with Gasteiger partial charge in [0.2, 0.25) is 0 Å². The molecular weight excluding hydrogens is 410 g/mol. The van der Waals surface area contributed by atoms with Crippen LogP contribution in [0.3, 0.4) is 0 Å². The van der Waals surface area contributed by atoms with Gasteiger partial charge in [-0.1, -0.05) is 0 Å². The van der Waals surface area contributed by atoms with Crippen molar-refractivity contribution >= 4 is 38.5 Å². The van der Waals surface area contributed by atoms with Crippen molar-refractivity contribution in [2.24, 2.45) is 0 Å². The second-order valence-electron chi connectivity index (χ2n) is 7.23. The van der Waals surface area contributed by atoms with E-state index in [9.17, 15) is 13.2 Å². The lowest BCUT2D eigenvalue weighted by molar-refractivity contribution is 0.124. The first-order valence-electron chi connectivity index (χ1n) is 9.35. The number of sulfone groups is 1.